The van der Waals surface area contributed by atoms with Crippen LogP contribution in [0.3, 0.4) is 0 Å². The van der Waals surface area contributed by atoms with Crippen molar-refractivity contribution in [1.82, 2.24) is 9.88 Å². The predicted molar refractivity (Wildman–Crippen MR) is 165 cm³/mol. The summed E-state index contributed by atoms with van der Waals surface area (Å²) in [5, 5.41) is 2.77. The fourth-order valence-corrected chi connectivity index (χ4v) is 5.24. The number of benzene rings is 4. The van der Waals surface area contributed by atoms with Gasteiger partial charge in [-0.2, -0.15) is 0 Å². The zero-order valence-electron chi connectivity index (χ0n) is 21.4. The number of nitrogens with zero attached hydrogens (tertiary/aromatic N) is 2. The van der Waals surface area contributed by atoms with Crippen molar-refractivity contribution in [3.05, 3.63) is 136 Å². The number of carbonyl (C=O) groups is 3. The third-order valence-corrected chi connectivity index (χ3v) is 7.50. The number of nitrogens with one attached hydrogen (secondary N) is 1. The van der Waals surface area contributed by atoms with Gasteiger partial charge in [0, 0.05) is 20.7 Å². The molecule has 0 aliphatic carbocycles. The van der Waals surface area contributed by atoms with E-state index in [-0.39, 0.29) is 5.57 Å². The van der Waals surface area contributed by atoms with Gasteiger partial charge in [0.2, 0.25) is 0 Å². The maximum absolute atomic E-state index is 13.7. The van der Waals surface area contributed by atoms with Crippen LogP contribution in [-0.2, 0) is 9.59 Å². The Kier molecular flexibility index (Phi) is 7.14. The Hall–Kier alpha value is -4.72. The highest BCUT2D eigenvalue weighted by atomic mass is 79.9. The average molecular weight is 623 g/mol. The van der Waals surface area contributed by atoms with E-state index in [1.54, 1.807) is 30.3 Å². The van der Waals surface area contributed by atoms with Crippen molar-refractivity contribution in [3.63, 3.8) is 0 Å². The van der Waals surface area contributed by atoms with Crippen LogP contribution in [0.5, 0.6) is 0 Å². The molecule has 0 bridgehead atoms. The zero-order chi connectivity index (χ0) is 28.5. The summed E-state index contributed by atoms with van der Waals surface area (Å²) in [4.78, 5) is 40.5. The van der Waals surface area contributed by atoms with E-state index < -0.39 is 17.8 Å². The van der Waals surface area contributed by atoms with Gasteiger partial charge >= 0.3 is 6.03 Å². The van der Waals surface area contributed by atoms with Crippen LogP contribution in [0.4, 0.5) is 10.5 Å². The molecule has 4 amide bonds. The predicted octanol–water partition coefficient (Wildman–Crippen LogP) is 7.89. The number of aromatic nitrogens is 1. The highest BCUT2D eigenvalue weighted by Crippen LogP contribution is 2.38. The molecule has 6 nitrogen and oxygen atoms in total. The van der Waals surface area contributed by atoms with E-state index >= 15 is 0 Å². The number of barbiturate groups is 1. The number of hydrogen-bond donors (Lipinski definition) is 1. The van der Waals surface area contributed by atoms with Crippen LogP contribution in [0.2, 0.25) is 5.02 Å². The Balaban J connectivity index is 1.59. The number of hydrogen-bond acceptors (Lipinski definition) is 3. The van der Waals surface area contributed by atoms with Gasteiger partial charge in [0.25, 0.3) is 11.8 Å². The molecular formula is C33H21BrClN3O3. The molecule has 41 heavy (non-hydrogen) atoms. The summed E-state index contributed by atoms with van der Waals surface area (Å²) in [6, 6.07) is 35.0. The molecule has 4 aromatic carbocycles. The average Bonchev–Trinajstić information content (AvgIpc) is 3.36. The minimum absolute atomic E-state index is 0.163. The monoisotopic (exact) mass is 621 g/mol. The van der Waals surface area contributed by atoms with E-state index in [9.17, 15) is 14.4 Å². The lowest BCUT2D eigenvalue weighted by molar-refractivity contribution is -0.122. The normalized spacial score (nSPS) is 14.4. The lowest BCUT2D eigenvalue weighted by atomic mass is 10.0. The van der Waals surface area contributed by atoms with E-state index in [1.165, 1.54) is 0 Å². The van der Waals surface area contributed by atoms with Crippen LogP contribution >= 0.6 is 27.5 Å². The van der Waals surface area contributed by atoms with E-state index in [0.29, 0.717) is 16.3 Å². The quantitative estimate of drug-likeness (QED) is 0.160. The molecule has 200 valence electrons. The minimum atomic E-state index is -0.819. The lowest BCUT2D eigenvalue weighted by Gasteiger charge is -2.26. The number of imide groups is 2. The fourth-order valence-electron chi connectivity index (χ4n) is 4.85. The molecule has 2 heterocycles. The Morgan fingerprint density at radius 2 is 1.29 bits per heavy atom. The van der Waals surface area contributed by atoms with Crippen molar-refractivity contribution < 1.29 is 14.4 Å². The summed E-state index contributed by atoms with van der Waals surface area (Å²) in [6.07, 6.45) is 1.55. The van der Waals surface area contributed by atoms with Gasteiger partial charge in [-0.05, 0) is 71.8 Å². The molecule has 8 heteroatoms. The van der Waals surface area contributed by atoms with Crippen molar-refractivity contribution in [2.75, 3.05) is 4.90 Å². The number of urea groups is 1. The molecule has 1 fully saturated rings. The second-order valence-corrected chi connectivity index (χ2v) is 10.7. The summed E-state index contributed by atoms with van der Waals surface area (Å²) < 4.78 is 3.05. The molecule has 5 aromatic rings. The van der Waals surface area contributed by atoms with Gasteiger partial charge in [0.15, 0.2) is 0 Å². The summed E-state index contributed by atoms with van der Waals surface area (Å²) in [7, 11) is 0. The van der Waals surface area contributed by atoms with Crippen molar-refractivity contribution in [2.24, 2.45) is 0 Å². The fraction of sp³-hybridized carbons (Fsp3) is 0. The second kappa shape index (κ2) is 11.0. The second-order valence-electron chi connectivity index (χ2n) is 9.31. The molecule has 0 spiro atoms. The molecule has 0 atom stereocenters. The molecule has 1 aliphatic heterocycles. The van der Waals surface area contributed by atoms with Gasteiger partial charge in [-0.1, -0.05) is 88.2 Å². The van der Waals surface area contributed by atoms with Crippen LogP contribution in [0, 0.1) is 0 Å². The highest BCUT2D eigenvalue weighted by molar-refractivity contribution is 9.10. The molecule has 1 aromatic heterocycles. The topological polar surface area (TPSA) is 71.4 Å². The molecule has 0 radical (unpaired) electrons. The van der Waals surface area contributed by atoms with Gasteiger partial charge in [-0.3, -0.25) is 14.9 Å². The number of amides is 4. The van der Waals surface area contributed by atoms with Crippen LogP contribution < -0.4 is 10.2 Å². The maximum Gasteiger partial charge on any atom is 0.335 e. The maximum atomic E-state index is 13.7. The third-order valence-electron chi connectivity index (χ3n) is 6.72. The minimum Gasteiger partial charge on any atom is -0.309 e. The molecule has 1 saturated heterocycles. The Morgan fingerprint density at radius 3 is 1.93 bits per heavy atom. The molecular weight excluding hydrogens is 602 g/mol. The molecule has 1 aliphatic rings. The summed E-state index contributed by atoms with van der Waals surface area (Å²) >= 11 is 9.53. The summed E-state index contributed by atoms with van der Waals surface area (Å²) in [5.74, 6) is -1.49. The molecule has 1 N–H and O–H groups in total. The first kappa shape index (κ1) is 26.5. The van der Waals surface area contributed by atoms with Crippen molar-refractivity contribution in [2.45, 2.75) is 0 Å². The highest BCUT2D eigenvalue weighted by Gasteiger charge is 2.37. The van der Waals surface area contributed by atoms with Gasteiger partial charge in [-0.25, -0.2) is 9.69 Å². The summed E-state index contributed by atoms with van der Waals surface area (Å²) in [6.45, 7) is 0. The molecule has 0 unspecified atom stereocenters. The Bertz CT molecular complexity index is 1810. The first-order chi connectivity index (χ1) is 19.9. The number of halogens is 2. The zero-order valence-corrected chi connectivity index (χ0v) is 23.8. The van der Waals surface area contributed by atoms with Crippen LogP contribution in [0.1, 0.15) is 5.56 Å². The van der Waals surface area contributed by atoms with Crippen molar-refractivity contribution in [1.29, 1.82) is 0 Å². The summed E-state index contributed by atoms with van der Waals surface area (Å²) in [5.41, 5.74) is 5.17. The Morgan fingerprint density at radius 1 is 0.707 bits per heavy atom. The van der Waals surface area contributed by atoms with Crippen molar-refractivity contribution >= 4 is 57.1 Å². The van der Waals surface area contributed by atoms with E-state index in [2.05, 4.69) is 25.8 Å². The SMILES string of the molecule is O=C1NC(=O)N(c2ccc(Cl)cc2)C(=O)C1=Cc1cc(-c2ccccc2)n(-c2ccc(Br)cc2)c1-c1ccccc1. The van der Waals surface area contributed by atoms with Gasteiger partial charge in [0.1, 0.15) is 5.57 Å². The number of rotatable bonds is 5. The van der Waals surface area contributed by atoms with Crippen molar-refractivity contribution in [3.8, 4) is 28.2 Å². The lowest BCUT2D eigenvalue weighted by Crippen LogP contribution is -2.54. The van der Waals surface area contributed by atoms with Crippen LogP contribution in [-0.4, -0.2) is 22.4 Å². The van der Waals surface area contributed by atoms with E-state index in [0.717, 1.165) is 37.6 Å². The van der Waals surface area contributed by atoms with Gasteiger partial charge in [0.05, 0.1) is 17.1 Å². The smallest absolute Gasteiger partial charge is 0.309 e. The van der Waals surface area contributed by atoms with Gasteiger partial charge in [-0.15, -0.1) is 0 Å². The van der Waals surface area contributed by atoms with Crippen LogP contribution in [0.25, 0.3) is 34.3 Å². The first-order valence-electron chi connectivity index (χ1n) is 12.7. The number of anilines is 1. The molecule has 6 rings (SSSR count). The molecule has 0 saturated carbocycles. The largest absolute Gasteiger partial charge is 0.335 e. The van der Waals surface area contributed by atoms with Gasteiger partial charge < -0.3 is 4.57 Å². The third kappa shape index (κ3) is 5.13. The number of carbonyl (C=O) groups excluding carboxylic acids is 3. The van der Waals surface area contributed by atoms with E-state index in [1.807, 2.05) is 91.0 Å². The van der Waals surface area contributed by atoms with Crippen LogP contribution in [0.15, 0.2) is 125 Å². The first-order valence-corrected chi connectivity index (χ1v) is 13.9. The Labute approximate surface area is 249 Å². The van der Waals surface area contributed by atoms with E-state index in [4.69, 9.17) is 11.6 Å². The standard InChI is InChI=1S/C33H21BrClN3O3/c34-24-11-15-26(16-12-24)37-29(21-7-3-1-4-8-21)20-23(30(37)22-9-5-2-6-10-22)19-28-31(39)36-33(41)38(32(28)40)27-17-13-25(35)14-18-27/h1-20H,(H,36,39,41).